The molecule has 0 aliphatic heterocycles. The van der Waals surface area contributed by atoms with E-state index in [1.54, 1.807) is 60.7 Å². The van der Waals surface area contributed by atoms with Gasteiger partial charge in [-0.2, -0.15) is 4.72 Å². The molecule has 1 atom stereocenters. The Hall–Kier alpha value is -3.05. The standard InChI is InChI=1S/C26H23FNO3PS/c1-20-12-18-25(19-13-20)33(30,31)28-26(21-14-16-22(27)17-15-21)32(29,23-8-4-2-5-9-23)24-10-6-3-7-11-24/h2-19,26,28H,1H3/t26-/m0/s1. The molecule has 0 aliphatic rings. The van der Waals surface area contributed by atoms with Crippen molar-refractivity contribution in [3.8, 4) is 0 Å². The summed E-state index contributed by atoms with van der Waals surface area (Å²) in [4.78, 5) is 0.0629. The van der Waals surface area contributed by atoms with E-state index in [0.29, 0.717) is 16.2 Å². The largest absolute Gasteiger partial charge is 0.312 e. The number of rotatable bonds is 7. The molecule has 0 spiro atoms. The Morgan fingerprint density at radius 3 is 1.70 bits per heavy atom. The quantitative estimate of drug-likeness (QED) is 0.374. The number of benzene rings is 4. The van der Waals surface area contributed by atoms with Crippen LogP contribution in [0.1, 0.15) is 16.9 Å². The van der Waals surface area contributed by atoms with Crippen molar-refractivity contribution < 1.29 is 17.4 Å². The summed E-state index contributed by atoms with van der Waals surface area (Å²) >= 11 is 0. The molecule has 0 radical (unpaired) electrons. The highest BCUT2D eigenvalue weighted by Crippen LogP contribution is 2.56. The molecule has 33 heavy (non-hydrogen) atoms. The number of nitrogens with one attached hydrogen (secondary N) is 1. The van der Waals surface area contributed by atoms with E-state index in [-0.39, 0.29) is 4.90 Å². The van der Waals surface area contributed by atoms with Crippen molar-refractivity contribution in [3.63, 3.8) is 0 Å². The minimum Gasteiger partial charge on any atom is -0.312 e. The third kappa shape index (κ3) is 4.83. The molecule has 0 aliphatic carbocycles. The van der Waals surface area contributed by atoms with Gasteiger partial charge in [0.25, 0.3) is 0 Å². The lowest BCUT2D eigenvalue weighted by atomic mass is 10.2. The molecule has 4 aromatic carbocycles. The summed E-state index contributed by atoms with van der Waals surface area (Å²) in [6.07, 6.45) is 0. The predicted molar refractivity (Wildman–Crippen MR) is 130 cm³/mol. The van der Waals surface area contributed by atoms with Crippen LogP contribution in [0, 0.1) is 12.7 Å². The molecule has 0 bridgehead atoms. The van der Waals surface area contributed by atoms with Gasteiger partial charge in [-0.1, -0.05) is 90.5 Å². The highest BCUT2D eigenvalue weighted by Gasteiger charge is 2.40. The van der Waals surface area contributed by atoms with Crippen molar-refractivity contribution in [2.45, 2.75) is 17.6 Å². The number of hydrogen-bond donors (Lipinski definition) is 1. The molecule has 7 heteroatoms. The first-order valence-corrected chi connectivity index (χ1v) is 13.6. The summed E-state index contributed by atoms with van der Waals surface area (Å²) in [7, 11) is -7.66. The van der Waals surface area contributed by atoms with Crippen LogP contribution < -0.4 is 15.3 Å². The van der Waals surface area contributed by atoms with E-state index in [9.17, 15) is 17.4 Å². The lowest BCUT2D eigenvalue weighted by Crippen LogP contribution is -2.34. The van der Waals surface area contributed by atoms with Crippen molar-refractivity contribution >= 4 is 27.8 Å². The molecule has 0 amide bonds. The maximum Gasteiger partial charge on any atom is 0.241 e. The van der Waals surface area contributed by atoms with Crippen LogP contribution in [-0.2, 0) is 14.6 Å². The molecular weight excluding hydrogens is 456 g/mol. The number of aryl methyl sites for hydroxylation is 1. The SMILES string of the molecule is Cc1ccc(S(=O)(=O)N[C@H](c2ccc(F)cc2)P(=O)(c2ccccc2)c2ccccc2)cc1. The van der Waals surface area contributed by atoms with Gasteiger partial charge in [0.15, 0.2) is 7.14 Å². The second kappa shape index (κ2) is 9.44. The third-order valence-corrected chi connectivity index (χ3v) is 10.3. The average Bonchev–Trinajstić information content (AvgIpc) is 2.84. The van der Waals surface area contributed by atoms with Crippen molar-refractivity contribution in [1.29, 1.82) is 0 Å². The van der Waals surface area contributed by atoms with Gasteiger partial charge in [0.1, 0.15) is 11.6 Å². The Labute approximate surface area is 193 Å². The van der Waals surface area contributed by atoms with Gasteiger partial charge in [0, 0.05) is 10.6 Å². The minimum atomic E-state index is -4.05. The van der Waals surface area contributed by atoms with Crippen LogP contribution in [0.3, 0.4) is 0 Å². The number of hydrogen-bond acceptors (Lipinski definition) is 3. The van der Waals surface area contributed by atoms with Crippen LogP contribution in [0.25, 0.3) is 0 Å². The van der Waals surface area contributed by atoms with E-state index in [0.717, 1.165) is 5.56 Å². The molecule has 0 saturated carbocycles. The third-order valence-electron chi connectivity index (χ3n) is 5.43. The van der Waals surface area contributed by atoms with Crippen molar-refractivity contribution in [2.24, 2.45) is 0 Å². The Bertz CT molecular complexity index is 1330. The summed E-state index contributed by atoms with van der Waals surface area (Å²) < 4.78 is 58.2. The zero-order chi connectivity index (χ0) is 23.5. The molecule has 0 fully saturated rings. The van der Waals surface area contributed by atoms with Crippen LogP contribution in [0.4, 0.5) is 4.39 Å². The molecule has 4 rings (SSSR count). The van der Waals surface area contributed by atoms with E-state index in [2.05, 4.69) is 4.72 Å². The Kier molecular flexibility index (Phi) is 6.61. The Balaban J connectivity index is 1.93. The van der Waals surface area contributed by atoms with Gasteiger partial charge in [0.05, 0.1) is 4.90 Å². The summed E-state index contributed by atoms with van der Waals surface area (Å²) in [5.74, 6) is -1.61. The van der Waals surface area contributed by atoms with Crippen LogP contribution in [0.2, 0.25) is 0 Å². The highest BCUT2D eigenvalue weighted by molar-refractivity contribution is 7.90. The van der Waals surface area contributed by atoms with Crippen LogP contribution >= 0.6 is 7.14 Å². The number of sulfonamides is 1. The molecule has 0 unspecified atom stereocenters. The first kappa shape index (κ1) is 23.1. The van der Waals surface area contributed by atoms with Gasteiger partial charge in [0.2, 0.25) is 10.0 Å². The van der Waals surface area contributed by atoms with Crippen LogP contribution in [-0.4, -0.2) is 8.42 Å². The average molecular weight is 480 g/mol. The molecule has 0 aromatic heterocycles. The lowest BCUT2D eigenvalue weighted by molar-refractivity contribution is 0.560. The normalized spacial score (nSPS) is 12.9. The fourth-order valence-electron chi connectivity index (χ4n) is 3.68. The summed E-state index contributed by atoms with van der Waals surface area (Å²) in [5.41, 5.74) is 1.33. The van der Waals surface area contributed by atoms with Gasteiger partial charge in [-0.15, -0.1) is 0 Å². The topological polar surface area (TPSA) is 63.2 Å². The second-order valence-corrected chi connectivity index (χ2v) is 12.3. The lowest BCUT2D eigenvalue weighted by Gasteiger charge is -2.30. The highest BCUT2D eigenvalue weighted by atomic mass is 32.2. The van der Waals surface area contributed by atoms with Gasteiger partial charge >= 0.3 is 0 Å². The Morgan fingerprint density at radius 1 is 0.727 bits per heavy atom. The summed E-state index contributed by atoms with van der Waals surface area (Å²) in [6.45, 7) is 1.87. The maximum atomic E-state index is 14.9. The van der Waals surface area contributed by atoms with Crippen molar-refractivity contribution in [3.05, 3.63) is 126 Å². The van der Waals surface area contributed by atoms with Gasteiger partial charge in [-0.3, -0.25) is 0 Å². The fourth-order valence-corrected chi connectivity index (χ4v) is 8.46. The van der Waals surface area contributed by atoms with Crippen LogP contribution in [0.15, 0.2) is 114 Å². The summed E-state index contributed by atoms with van der Waals surface area (Å²) in [5, 5.41) is 0.995. The van der Waals surface area contributed by atoms with Gasteiger partial charge in [-0.05, 0) is 36.8 Å². The molecule has 0 heterocycles. The van der Waals surface area contributed by atoms with Crippen LogP contribution in [0.5, 0.6) is 0 Å². The first-order valence-electron chi connectivity index (χ1n) is 10.4. The van der Waals surface area contributed by atoms with Gasteiger partial charge in [-0.25, -0.2) is 12.8 Å². The zero-order valence-electron chi connectivity index (χ0n) is 17.9. The summed E-state index contributed by atoms with van der Waals surface area (Å²) in [6, 6.07) is 29.4. The molecule has 1 N–H and O–H groups in total. The van der Waals surface area contributed by atoms with E-state index in [1.165, 1.54) is 36.4 Å². The van der Waals surface area contributed by atoms with Gasteiger partial charge < -0.3 is 4.57 Å². The maximum absolute atomic E-state index is 14.9. The molecule has 4 aromatic rings. The Morgan fingerprint density at radius 2 is 1.21 bits per heavy atom. The monoisotopic (exact) mass is 479 g/mol. The smallest absolute Gasteiger partial charge is 0.241 e. The molecule has 4 nitrogen and oxygen atoms in total. The minimum absolute atomic E-state index is 0.0629. The van der Waals surface area contributed by atoms with Crippen molar-refractivity contribution in [1.82, 2.24) is 4.72 Å². The number of halogens is 1. The second-order valence-electron chi connectivity index (χ2n) is 7.72. The van der Waals surface area contributed by atoms with E-state index < -0.39 is 28.8 Å². The van der Waals surface area contributed by atoms with E-state index in [1.807, 2.05) is 19.1 Å². The molecule has 0 saturated heterocycles. The first-order chi connectivity index (χ1) is 15.8. The fraction of sp³-hybridized carbons (Fsp3) is 0.0769. The van der Waals surface area contributed by atoms with E-state index >= 15 is 0 Å². The van der Waals surface area contributed by atoms with E-state index in [4.69, 9.17) is 0 Å². The predicted octanol–water partition coefficient (Wildman–Crippen LogP) is 5.13. The van der Waals surface area contributed by atoms with Crippen molar-refractivity contribution in [2.75, 3.05) is 0 Å². The zero-order valence-corrected chi connectivity index (χ0v) is 19.6. The molecular formula is C26H23FNO3PS. The molecule has 168 valence electrons.